The summed E-state index contributed by atoms with van der Waals surface area (Å²) in [5.74, 6) is 0.253. The van der Waals surface area contributed by atoms with Crippen molar-refractivity contribution in [3.8, 4) is 11.6 Å². The topological polar surface area (TPSA) is 56.1 Å². The largest absolute Gasteiger partial charge is 0.466 e. The zero-order valence-corrected chi connectivity index (χ0v) is 13.6. The van der Waals surface area contributed by atoms with E-state index in [2.05, 4.69) is 26.3 Å². The van der Waals surface area contributed by atoms with E-state index in [1.165, 1.54) is 0 Å². The van der Waals surface area contributed by atoms with Gasteiger partial charge < -0.3 is 10.1 Å². The third-order valence-corrected chi connectivity index (χ3v) is 3.56. The van der Waals surface area contributed by atoms with Gasteiger partial charge in [-0.1, -0.05) is 25.1 Å². The van der Waals surface area contributed by atoms with Crippen LogP contribution in [0.4, 0.5) is 0 Å². The number of halogens is 1. The molecule has 6 heteroatoms. The minimum absolute atomic E-state index is 0.0469. The minimum atomic E-state index is -0.148. The van der Waals surface area contributed by atoms with Crippen LogP contribution in [0.25, 0.3) is 5.69 Å². The van der Waals surface area contributed by atoms with Gasteiger partial charge in [-0.25, -0.2) is 4.68 Å². The Bertz CT molecular complexity index is 598. The molecule has 0 unspecified atom stereocenters. The number of aromatic nitrogens is 2. The van der Waals surface area contributed by atoms with Crippen LogP contribution in [0.2, 0.25) is 0 Å². The molecule has 1 aromatic carbocycles. The first-order valence-electron chi connectivity index (χ1n) is 6.83. The lowest BCUT2D eigenvalue weighted by atomic mass is 10.2. The molecule has 0 aliphatic rings. The van der Waals surface area contributed by atoms with Crippen molar-refractivity contribution in [2.24, 2.45) is 0 Å². The standard InChI is InChI=1S/C15H18BrN3O2/c1-3-11(2)17-14(20)10-21-15-13(16)9-19(18-15)12-7-5-4-6-8-12/h4-9,11H,3,10H2,1-2H3,(H,17,20)/t11-/m1/s1. The molecule has 0 radical (unpaired) electrons. The van der Waals surface area contributed by atoms with E-state index in [1.54, 1.807) is 10.9 Å². The van der Waals surface area contributed by atoms with Gasteiger partial charge in [-0.15, -0.1) is 5.10 Å². The second kappa shape index (κ2) is 7.26. The minimum Gasteiger partial charge on any atom is -0.466 e. The maximum atomic E-state index is 11.7. The number of amides is 1. The summed E-state index contributed by atoms with van der Waals surface area (Å²) in [7, 11) is 0. The lowest BCUT2D eigenvalue weighted by Crippen LogP contribution is -2.35. The van der Waals surface area contributed by atoms with E-state index in [0.29, 0.717) is 10.4 Å². The summed E-state index contributed by atoms with van der Waals surface area (Å²) >= 11 is 3.39. The van der Waals surface area contributed by atoms with Gasteiger partial charge in [0.15, 0.2) is 6.61 Å². The van der Waals surface area contributed by atoms with Crippen LogP contribution < -0.4 is 10.1 Å². The highest BCUT2D eigenvalue weighted by Crippen LogP contribution is 2.24. The van der Waals surface area contributed by atoms with E-state index < -0.39 is 0 Å². The highest BCUT2D eigenvalue weighted by atomic mass is 79.9. The summed E-state index contributed by atoms with van der Waals surface area (Å²) in [6, 6.07) is 9.85. The van der Waals surface area contributed by atoms with E-state index in [1.807, 2.05) is 44.2 Å². The Balaban J connectivity index is 1.99. The molecule has 0 saturated carbocycles. The maximum Gasteiger partial charge on any atom is 0.258 e. The van der Waals surface area contributed by atoms with Gasteiger partial charge in [0.2, 0.25) is 5.88 Å². The molecule has 1 heterocycles. The van der Waals surface area contributed by atoms with E-state index >= 15 is 0 Å². The molecule has 0 saturated heterocycles. The number of nitrogens with zero attached hydrogens (tertiary/aromatic N) is 2. The molecule has 1 atom stereocenters. The van der Waals surface area contributed by atoms with Crippen LogP contribution in [0.5, 0.6) is 5.88 Å². The Hall–Kier alpha value is -1.82. The molecule has 2 aromatic rings. The van der Waals surface area contributed by atoms with E-state index in [0.717, 1.165) is 12.1 Å². The van der Waals surface area contributed by atoms with Crippen molar-refractivity contribution in [3.05, 3.63) is 41.0 Å². The number of benzene rings is 1. The van der Waals surface area contributed by atoms with Crippen molar-refractivity contribution < 1.29 is 9.53 Å². The van der Waals surface area contributed by atoms with Crippen molar-refractivity contribution in [1.29, 1.82) is 0 Å². The number of carbonyl (C=O) groups excluding carboxylic acids is 1. The molecule has 21 heavy (non-hydrogen) atoms. The van der Waals surface area contributed by atoms with Gasteiger partial charge in [-0.3, -0.25) is 4.79 Å². The van der Waals surface area contributed by atoms with Crippen LogP contribution in [-0.4, -0.2) is 28.3 Å². The fraction of sp³-hybridized carbons (Fsp3) is 0.333. The second-order valence-electron chi connectivity index (χ2n) is 4.73. The Morgan fingerprint density at radius 3 is 2.81 bits per heavy atom. The molecule has 0 fully saturated rings. The third-order valence-electron chi connectivity index (χ3n) is 3.02. The second-order valence-corrected chi connectivity index (χ2v) is 5.58. The summed E-state index contributed by atoms with van der Waals surface area (Å²) < 4.78 is 7.87. The van der Waals surface area contributed by atoms with Crippen LogP contribution in [0.15, 0.2) is 41.0 Å². The molecule has 1 N–H and O–H groups in total. The number of hydrogen-bond acceptors (Lipinski definition) is 3. The molecule has 0 bridgehead atoms. The SMILES string of the molecule is CC[C@@H](C)NC(=O)COc1nn(-c2ccccc2)cc1Br. The maximum absolute atomic E-state index is 11.7. The monoisotopic (exact) mass is 351 g/mol. The first-order valence-corrected chi connectivity index (χ1v) is 7.62. The zero-order valence-electron chi connectivity index (χ0n) is 12.0. The third kappa shape index (κ3) is 4.32. The Kier molecular flexibility index (Phi) is 5.38. The van der Waals surface area contributed by atoms with Crippen molar-refractivity contribution >= 4 is 21.8 Å². The molecule has 0 aliphatic carbocycles. The van der Waals surface area contributed by atoms with Gasteiger partial charge in [-0.2, -0.15) is 0 Å². The average molecular weight is 352 g/mol. The summed E-state index contributed by atoms with van der Waals surface area (Å²) in [5, 5.41) is 7.16. The predicted molar refractivity (Wildman–Crippen MR) is 84.7 cm³/mol. The molecule has 1 aromatic heterocycles. The van der Waals surface area contributed by atoms with Crippen LogP contribution in [0.1, 0.15) is 20.3 Å². The first kappa shape index (κ1) is 15.6. The highest BCUT2D eigenvalue weighted by molar-refractivity contribution is 9.10. The number of nitrogens with one attached hydrogen (secondary N) is 1. The van der Waals surface area contributed by atoms with Gasteiger partial charge >= 0.3 is 0 Å². The van der Waals surface area contributed by atoms with Crippen LogP contribution in [0, 0.1) is 0 Å². The zero-order chi connectivity index (χ0) is 15.2. The summed E-state index contributed by atoms with van der Waals surface area (Å²) in [4.78, 5) is 11.7. The molecule has 5 nitrogen and oxygen atoms in total. The quantitative estimate of drug-likeness (QED) is 0.870. The molecular weight excluding hydrogens is 334 g/mol. The lowest BCUT2D eigenvalue weighted by Gasteiger charge is -2.11. The van der Waals surface area contributed by atoms with Crippen LogP contribution in [0.3, 0.4) is 0 Å². The summed E-state index contributed by atoms with van der Waals surface area (Å²) in [5.41, 5.74) is 0.928. The number of carbonyl (C=O) groups is 1. The number of para-hydroxylation sites is 1. The van der Waals surface area contributed by atoms with Crippen LogP contribution in [-0.2, 0) is 4.79 Å². The van der Waals surface area contributed by atoms with Crippen molar-refractivity contribution in [2.75, 3.05) is 6.61 Å². The number of rotatable bonds is 6. The van der Waals surface area contributed by atoms with Gasteiger partial charge in [-0.05, 0) is 41.4 Å². The van der Waals surface area contributed by atoms with E-state index in [4.69, 9.17) is 4.74 Å². The Morgan fingerprint density at radius 1 is 1.43 bits per heavy atom. The van der Waals surface area contributed by atoms with Gasteiger partial charge in [0.25, 0.3) is 5.91 Å². The average Bonchev–Trinajstić information content (AvgIpc) is 2.87. The van der Waals surface area contributed by atoms with Gasteiger partial charge in [0.1, 0.15) is 0 Å². The highest BCUT2D eigenvalue weighted by Gasteiger charge is 2.12. The molecule has 1 amide bonds. The Labute approximate surface area is 132 Å². The predicted octanol–water partition coefficient (Wildman–Crippen LogP) is 2.93. The van der Waals surface area contributed by atoms with Crippen molar-refractivity contribution in [3.63, 3.8) is 0 Å². The molecule has 112 valence electrons. The number of hydrogen-bond donors (Lipinski definition) is 1. The summed E-state index contributed by atoms with van der Waals surface area (Å²) in [6.45, 7) is 3.93. The van der Waals surface area contributed by atoms with Crippen molar-refractivity contribution in [2.45, 2.75) is 26.3 Å². The normalized spacial score (nSPS) is 12.0. The fourth-order valence-corrected chi connectivity index (χ4v) is 2.09. The molecular formula is C15H18BrN3O2. The molecule has 0 aliphatic heterocycles. The van der Waals surface area contributed by atoms with E-state index in [9.17, 15) is 4.79 Å². The smallest absolute Gasteiger partial charge is 0.258 e. The van der Waals surface area contributed by atoms with Gasteiger partial charge in [0, 0.05) is 12.2 Å². The molecule has 2 rings (SSSR count). The fourth-order valence-electron chi connectivity index (χ4n) is 1.70. The molecule has 0 spiro atoms. The lowest BCUT2D eigenvalue weighted by molar-refractivity contribution is -0.123. The van der Waals surface area contributed by atoms with E-state index in [-0.39, 0.29) is 18.6 Å². The van der Waals surface area contributed by atoms with Crippen molar-refractivity contribution in [1.82, 2.24) is 15.1 Å². The Morgan fingerprint density at radius 2 is 2.14 bits per heavy atom. The van der Waals surface area contributed by atoms with Crippen LogP contribution >= 0.6 is 15.9 Å². The first-order chi connectivity index (χ1) is 10.1. The summed E-state index contributed by atoms with van der Waals surface area (Å²) in [6.07, 6.45) is 2.69. The number of ether oxygens (including phenoxy) is 1. The van der Waals surface area contributed by atoms with Gasteiger partial charge in [0.05, 0.1) is 10.2 Å².